The molecule has 19 heavy (non-hydrogen) atoms. The molecule has 1 N–H and O–H groups in total. The van der Waals surface area contributed by atoms with Crippen molar-refractivity contribution in [3.05, 3.63) is 24.3 Å². The maximum Gasteiger partial charge on any atom is 0.180 e. The Morgan fingerprint density at radius 2 is 2.11 bits per heavy atom. The Bertz CT molecular complexity index is 534. The van der Waals surface area contributed by atoms with Crippen molar-refractivity contribution in [1.29, 1.82) is 0 Å². The summed E-state index contributed by atoms with van der Waals surface area (Å²) in [5.74, 6) is 1.34. The number of thioether (sulfide) groups is 1. The number of sulfone groups is 1. The van der Waals surface area contributed by atoms with Crippen LogP contribution in [-0.4, -0.2) is 31.2 Å². The first-order chi connectivity index (χ1) is 8.97. The summed E-state index contributed by atoms with van der Waals surface area (Å²) in [6.45, 7) is 4.74. The second-order valence-electron chi connectivity index (χ2n) is 5.16. The molecule has 0 radical (unpaired) electrons. The van der Waals surface area contributed by atoms with Crippen LogP contribution in [0.1, 0.15) is 26.7 Å². The minimum Gasteiger partial charge on any atom is -0.383 e. The third-order valence-electron chi connectivity index (χ3n) is 3.56. The second-order valence-corrected chi connectivity index (χ2v) is 9.08. The van der Waals surface area contributed by atoms with E-state index in [1.807, 2.05) is 23.9 Å². The Kier molecular flexibility index (Phi) is 4.46. The van der Waals surface area contributed by atoms with Crippen LogP contribution in [0, 0.1) is 0 Å². The average Bonchev–Trinajstić information content (AvgIpc) is 2.84. The molecule has 5 heteroatoms. The van der Waals surface area contributed by atoms with Crippen LogP contribution in [0.4, 0.5) is 5.69 Å². The first kappa shape index (κ1) is 14.7. The van der Waals surface area contributed by atoms with Crippen LogP contribution < -0.4 is 5.32 Å². The molecular weight excluding hydrogens is 278 g/mol. The minimum atomic E-state index is -3.16. The molecule has 106 valence electrons. The molecule has 3 nitrogen and oxygen atoms in total. The Balaban J connectivity index is 2.17. The van der Waals surface area contributed by atoms with Crippen molar-refractivity contribution in [2.75, 3.05) is 23.4 Å². The summed E-state index contributed by atoms with van der Waals surface area (Å²) in [5.41, 5.74) is 0.734. The zero-order chi connectivity index (χ0) is 13.9. The van der Waals surface area contributed by atoms with Gasteiger partial charge >= 0.3 is 0 Å². The molecule has 0 amide bonds. The largest absolute Gasteiger partial charge is 0.383 e. The van der Waals surface area contributed by atoms with Crippen LogP contribution in [-0.2, 0) is 9.84 Å². The number of rotatable bonds is 5. The number of benzene rings is 1. The number of anilines is 1. The van der Waals surface area contributed by atoms with E-state index >= 15 is 0 Å². The molecule has 0 aromatic heterocycles. The van der Waals surface area contributed by atoms with Gasteiger partial charge in [-0.25, -0.2) is 8.42 Å². The van der Waals surface area contributed by atoms with Crippen LogP contribution >= 0.6 is 11.8 Å². The summed E-state index contributed by atoms with van der Waals surface area (Å²) in [7, 11) is -3.16. The molecule has 1 saturated heterocycles. The van der Waals surface area contributed by atoms with Crippen molar-refractivity contribution in [3.8, 4) is 0 Å². The lowest BCUT2D eigenvalue weighted by Crippen LogP contribution is -2.27. The first-order valence-electron chi connectivity index (χ1n) is 6.66. The predicted octanol–water partition coefficient (Wildman–Crippen LogP) is 3.18. The number of hydrogen-bond acceptors (Lipinski definition) is 4. The van der Waals surface area contributed by atoms with Gasteiger partial charge in [0.15, 0.2) is 9.84 Å². The lowest BCUT2D eigenvalue weighted by Gasteiger charge is -2.24. The molecule has 1 aromatic carbocycles. The lowest BCUT2D eigenvalue weighted by atomic mass is 10.1. The van der Waals surface area contributed by atoms with Crippen LogP contribution in [0.25, 0.3) is 0 Å². The van der Waals surface area contributed by atoms with Gasteiger partial charge in [-0.15, -0.1) is 0 Å². The van der Waals surface area contributed by atoms with Crippen molar-refractivity contribution in [2.45, 2.75) is 36.3 Å². The fraction of sp³-hybridized carbons (Fsp3) is 0.571. The second kappa shape index (κ2) is 5.75. The molecule has 0 saturated carbocycles. The summed E-state index contributed by atoms with van der Waals surface area (Å²) in [6, 6.07) is 7.19. The van der Waals surface area contributed by atoms with Crippen molar-refractivity contribution in [1.82, 2.24) is 0 Å². The number of hydrogen-bond donors (Lipinski definition) is 1. The molecule has 1 heterocycles. The molecule has 1 unspecified atom stereocenters. The zero-order valence-corrected chi connectivity index (χ0v) is 13.1. The summed E-state index contributed by atoms with van der Waals surface area (Å²) in [6.07, 6.45) is 2.44. The van der Waals surface area contributed by atoms with E-state index < -0.39 is 9.84 Å². The predicted molar refractivity (Wildman–Crippen MR) is 82.8 cm³/mol. The quantitative estimate of drug-likeness (QED) is 0.907. The van der Waals surface area contributed by atoms with Crippen molar-refractivity contribution in [2.24, 2.45) is 0 Å². The molecule has 0 bridgehead atoms. The molecule has 0 spiro atoms. The number of nitrogens with one attached hydrogen (secondary N) is 1. The zero-order valence-electron chi connectivity index (χ0n) is 11.5. The van der Waals surface area contributed by atoms with Crippen LogP contribution in [0.2, 0.25) is 0 Å². The van der Waals surface area contributed by atoms with Gasteiger partial charge in [0.25, 0.3) is 0 Å². The van der Waals surface area contributed by atoms with E-state index in [-0.39, 0.29) is 10.5 Å². The van der Waals surface area contributed by atoms with E-state index in [0.717, 1.165) is 12.2 Å². The van der Waals surface area contributed by atoms with Gasteiger partial charge < -0.3 is 5.32 Å². The topological polar surface area (TPSA) is 46.2 Å². The van der Waals surface area contributed by atoms with Gasteiger partial charge in [-0.2, -0.15) is 11.8 Å². The normalized spacial score (nSPS) is 23.5. The summed E-state index contributed by atoms with van der Waals surface area (Å²) in [5, 5.41) is 3.34. The maximum absolute atomic E-state index is 12.1. The van der Waals surface area contributed by atoms with Gasteiger partial charge in [0.05, 0.1) is 16.3 Å². The summed E-state index contributed by atoms with van der Waals surface area (Å²) < 4.78 is 24.3. The monoisotopic (exact) mass is 299 g/mol. The van der Waals surface area contributed by atoms with Crippen LogP contribution in [0.5, 0.6) is 0 Å². The van der Waals surface area contributed by atoms with Gasteiger partial charge in [0, 0.05) is 11.3 Å². The fourth-order valence-corrected chi connectivity index (χ4v) is 4.61. The van der Waals surface area contributed by atoms with E-state index in [4.69, 9.17) is 0 Å². The van der Waals surface area contributed by atoms with Crippen LogP contribution in [0.3, 0.4) is 0 Å². The van der Waals surface area contributed by atoms with Crippen molar-refractivity contribution >= 4 is 27.3 Å². The third-order valence-corrected chi connectivity index (χ3v) is 6.88. The summed E-state index contributed by atoms with van der Waals surface area (Å²) in [4.78, 5) is 0.420. The lowest BCUT2D eigenvalue weighted by molar-refractivity contribution is 0.597. The average molecular weight is 299 g/mol. The van der Waals surface area contributed by atoms with Gasteiger partial charge in [0.1, 0.15) is 0 Å². The Labute approximate surface area is 120 Å². The summed E-state index contributed by atoms with van der Waals surface area (Å²) >= 11 is 1.97. The molecule has 0 aliphatic carbocycles. The first-order valence-corrected chi connectivity index (χ1v) is 9.30. The molecule has 1 fully saturated rings. The maximum atomic E-state index is 12.1. The molecule has 1 atom stereocenters. The van der Waals surface area contributed by atoms with Crippen molar-refractivity contribution < 1.29 is 8.42 Å². The van der Waals surface area contributed by atoms with E-state index in [1.54, 1.807) is 19.1 Å². The minimum absolute atomic E-state index is 0.137. The van der Waals surface area contributed by atoms with Gasteiger partial charge in [-0.3, -0.25) is 0 Å². The highest BCUT2D eigenvalue weighted by Gasteiger charge is 2.29. The molecule has 2 rings (SSSR count). The van der Waals surface area contributed by atoms with Crippen LogP contribution in [0.15, 0.2) is 29.2 Å². The van der Waals surface area contributed by atoms with E-state index in [2.05, 4.69) is 12.2 Å². The van der Waals surface area contributed by atoms with Crippen molar-refractivity contribution in [3.63, 3.8) is 0 Å². The Morgan fingerprint density at radius 3 is 2.74 bits per heavy atom. The highest BCUT2D eigenvalue weighted by Crippen LogP contribution is 2.38. The molecular formula is C14H21NO2S2. The SMILES string of the molecule is CCS(=O)(=O)c1ccccc1NCC1(C)CCCS1. The highest BCUT2D eigenvalue weighted by atomic mass is 32.2. The van der Waals surface area contributed by atoms with E-state index in [0.29, 0.717) is 4.90 Å². The highest BCUT2D eigenvalue weighted by molar-refractivity contribution is 8.00. The van der Waals surface area contributed by atoms with Gasteiger partial charge in [-0.1, -0.05) is 19.1 Å². The van der Waals surface area contributed by atoms with E-state index in [1.165, 1.54) is 18.6 Å². The fourth-order valence-electron chi connectivity index (χ4n) is 2.30. The molecule has 1 aromatic rings. The smallest absolute Gasteiger partial charge is 0.180 e. The number of para-hydroxylation sites is 1. The van der Waals surface area contributed by atoms with E-state index in [9.17, 15) is 8.42 Å². The van der Waals surface area contributed by atoms with Gasteiger partial charge in [-0.05, 0) is 37.7 Å². The third kappa shape index (κ3) is 3.45. The Hall–Kier alpha value is -0.680. The Morgan fingerprint density at radius 1 is 1.37 bits per heavy atom. The standard InChI is InChI=1S/C14H21NO2S2/c1-3-19(16,17)13-8-5-4-7-12(13)15-11-14(2)9-6-10-18-14/h4-5,7-8,15H,3,6,9-11H2,1-2H3. The molecule has 1 aliphatic heterocycles. The molecule has 1 aliphatic rings. The van der Waals surface area contributed by atoms with Gasteiger partial charge in [0.2, 0.25) is 0 Å².